The number of hydrogen-bond acceptors (Lipinski definition) is 5. The SMILES string of the molecule is CNC(C)=CC(=O)OCCOC(C)=O. The van der Waals surface area contributed by atoms with Gasteiger partial charge in [-0.05, 0) is 6.92 Å². The summed E-state index contributed by atoms with van der Waals surface area (Å²) < 4.78 is 9.30. The number of carbonyl (C=O) groups excluding carboxylic acids is 2. The van der Waals surface area contributed by atoms with Crippen molar-refractivity contribution < 1.29 is 19.1 Å². The van der Waals surface area contributed by atoms with E-state index in [-0.39, 0.29) is 19.2 Å². The molecule has 80 valence electrons. The first-order valence-electron chi connectivity index (χ1n) is 4.22. The van der Waals surface area contributed by atoms with E-state index in [9.17, 15) is 9.59 Å². The van der Waals surface area contributed by atoms with Gasteiger partial charge in [0.25, 0.3) is 0 Å². The number of carbonyl (C=O) groups is 2. The van der Waals surface area contributed by atoms with Crippen molar-refractivity contribution in [2.24, 2.45) is 0 Å². The van der Waals surface area contributed by atoms with Crippen LogP contribution in [0.3, 0.4) is 0 Å². The van der Waals surface area contributed by atoms with E-state index in [1.165, 1.54) is 13.0 Å². The monoisotopic (exact) mass is 201 g/mol. The third-order valence-electron chi connectivity index (χ3n) is 1.36. The molecule has 0 bridgehead atoms. The molecule has 0 unspecified atom stereocenters. The van der Waals surface area contributed by atoms with Gasteiger partial charge in [-0.3, -0.25) is 4.79 Å². The minimum absolute atomic E-state index is 0.0753. The van der Waals surface area contributed by atoms with Gasteiger partial charge in [-0.25, -0.2) is 4.79 Å². The maximum absolute atomic E-state index is 11.0. The Bertz CT molecular complexity index is 235. The zero-order valence-electron chi connectivity index (χ0n) is 8.62. The number of allylic oxidation sites excluding steroid dienone is 1. The first kappa shape index (κ1) is 12.5. The molecule has 0 aromatic rings. The maximum Gasteiger partial charge on any atom is 0.332 e. The molecule has 5 nitrogen and oxygen atoms in total. The molecular formula is C9H15NO4. The highest BCUT2D eigenvalue weighted by Crippen LogP contribution is 1.88. The molecule has 0 atom stereocenters. The van der Waals surface area contributed by atoms with Gasteiger partial charge in [0.05, 0.1) is 0 Å². The molecular weight excluding hydrogens is 186 g/mol. The molecule has 0 amide bonds. The quantitative estimate of drug-likeness (QED) is 0.391. The summed E-state index contributed by atoms with van der Waals surface area (Å²) >= 11 is 0. The molecule has 0 aromatic heterocycles. The lowest BCUT2D eigenvalue weighted by molar-refractivity contribution is -0.147. The van der Waals surface area contributed by atoms with Crippen LogP contribution in [-0.2, 0) is 19.1 Å². The van der Waals surface area contributed by atoms with Crippen molar-refractivity contribution in [2.75, 3.05) is 20.3 Å². The molecule has 0 radical (unpaired) electrons. The highest BCUT2D eigenvalue weighted by Gasteiger charge is 1.99. The molecule has 0 aliphatic heterocycles. The fraction of sp³-hybridized carbons (Fsp3) is 0.556. The first-order valence-corrected chi connectivity index (χ1v) is 4.22. The van der Waals surface area contributed by atoms with Gasteiger partial charge in [0.15, 0.2) is 0 Å². The van der Waals surface area contributed by atoms with Gasteiger partial charge in [-0.15, -0.1) is 0 Å². The normalized spacial score (nSPS) is 10.6. The summed E-state index contributed by atoms with van der Waals surface area (Å²) in [6.45, 7) is 3.21. The number of esters is 2. The molecule has 0 saturated heterocycles. The van der Waals surface area contributed by atoms with Crippen LogP contribution in [0.15, 0.2) is 11.8 Å². The minimum atomic E-state index is -0.455. The predicted octanol–water partition coefficient (Wildman–Crippen LogP) is 0.216. The summed E-state index contributed by atoms with van der Waals surface area (Å²) in [5, 5.41) is 2.78. The molecule has 0 heterocycles. The van der Waals surface area contributed by atoms with Crippen LogP contribution in [0.2, 0.25) is 0 Å². The van der Waals surface area contributed by atoms with E-state index in [1.807, 2.05) is 0 Å². The van der Waals surface area contributed by atoms with Crippen LogP contribution in [0.25, 0.3) is 0 Å². The second-order valence-electron chi connectivity index (χ2n) is 2.58. The van der Waals surface area contributed by atoms with Crippen molar-refractivity contribution in [1.82, 2.24) is 5.32 Å². The summed E-state index contributed by atoms with van der Waals surface area (Å²) in [6, 6.07) is 0. The molecule has 0 saturated carbocycles. The molecule has 1 N–H and O–H groups in total. The van der Waals surface area contributed by atoms with Gasteiger partial charge in [0.1, 0.15) is 13.2 Å². The summed E-state index contributed by atoms with van der Waals surface area (Å²) in [6.07, 6.45) is 1.33. The Labute approximate surface area is 83.1 Å². The second kappa shape index (κ2) is 6.94. The Kier molecular flexibility index (Phi) is 6.19. The van der Waals surface area contributed by atoms with Crippen LogP contribution in [0.1, 0.15) is 13.8 Å². The Morgan fingerprint density at radius 3 is 2.29 bits per heavy atom. The highest BCUT2D eigenvalue weighted by atomic mass is 16.6. The molecule has 14 heavy (non-hydrogen) atoms. The Hall–Kier alpha value is -1.52. The number of hydrogen-bond donors (Lipinski definition) is 1. The first-order chi connectivity index (χ1) is 6.56. The third-order valence-corrected chi connectivity index (χ3v) is 1.36. The molecule has 0 aliphatic rings. The van der Waals surface area contributed by atoms with Gasteiger partial charge < -0.3 is 14.8 Å². The van der Waals surface area contributed by atoms with Crippen molar-refractivity contribution in [3.05, 3.63) is 11.8 Å². The third kappa shape index (κ3) is 7.15. The maximum atomic E-state index is 11.0. The van der Waals surface area contributed by atoms with Gasteiger partial charge in [-0.2, -0.15) is 0 Å². The smallest absolute Gasteiger partial charge is 0.332 e. The van der Waals surface area contributed by atoms with E-state index in [2.05, 4.69) is 10.1 Å². The van der Waals surface area contributed by atoms with Gasteiger partial charge in [0, 0.05) is 25.7 Å². The van der Waals surface area contributed by atoms with E-state index in [0.717, 1.165) is 0 Å². The van der Waals surface area contributed by atoms with Crippen molar-refractivity contribution in [2.45, 2.75) is 13.8 Å². The van der Waals surface area contributed by atoms with Crippen LogP contribution in [-0.4, -0.2) is 32.2 Å². The van der Waals surface area contributed by atoms with Crippen molar-refractivity contribution in [1.29, 1.82) is 0 Å². The molecule has 5 heteroatoms. The van der Waals surface area contributed by atoms with Crippen molar-refractivity contribution in [3.8, 4) is 0 Å². The Morgan fingerprint density at radius 1 is 1.21 bits per heavy atom. The summed E-state index contributed by atoms with van der Waals surface area (Å²) in [5.41, 5.74) is 0.711. The lowest BCUT2D eigenvalue weighted by Gasteiger charge is -2.03. The molecule has 0 spiro atoms. The summed E-state index contributed by atoms with van der Waals surface area (Å²) in [7, 11) is 1.71. The Morgan fingerprint density at radius 2 is 1.79 bits per heavy atom. The number of nitrogens with one attached hydrogen (secondary N) is 1. The topological polar surface area (TPSA) is 64.6 Å². The standard InChI is InChI=1S/C9H15NO4/c1-7(10-3)6-9(12)14-5-4-13-8(2)11/h6,10H,4-5H2,1-3H3. The zero-order chi connectivity index (χ0) is 11.0. The van der Waals surface area contributed by atoms with Crippen LogP contribution in [0, 0.1) is 0 Å². The average Bonchev–Trinajstić information content (AvgIpc) is 2.12. The van der Waals surface area contributed by atoms with Gasteiger partial charge in [0.2, 0.25) is 0 Å². The molecule has 0 aliphatic carbocycles. The van der Waals surface area contributed by atoms with E-state index < -0.39 is 5.97 Å². The molecule has 0 aromatic carbocycles. The van der Waals surface area contributed by atoms with E-state index in [4.69, 9.17) is 4.74 Å². The largest absolute Gasteiger partial charge is 0.462 e. The van der Waals surface area contributed by atoms with Gasteiger partial charge in [-0.1, -0.05) is 0 Å². The minimum Gasteiger partial charge on any atom is -0.462 e. The second-order valence-corrected chi connectivity index (χ2v) is 2.58. The van der Waals surface area contributed by atoms with Crippen molar-refractivity contribution >= 4 is 11.9 Å². The molecule has 0 fully saturated rings. The van der Waals surface area contributed by atoms with Crippen LogP contribution >= 0.6 is 0 Å². The van der Waals surface area contributed by atoms with Crippen LogP contribution < -0.4 is 5.32 Å². The lowest BCUT2D eigenvalue weighted by atomic mass is 10.4. The van der Waals surface area contributed by atoms with Gasteiger partial charge >= 0.3 is 11.9 Å². The Balaban J connectivity index is 3.60. The number of rotatable bonds is 5. The number of ether oxygens (including phenoxy) is 2. The van der Waals surface area contributed by atoms with Crippen LogP contribution in [0.5, 0.6) is 0 Å². The van der Waals surface area contributed by atoms with E-state index >= 15 is 0 Å². The fourth-order valence-electron chi connectivity index (χ4n) is 0.618. The predicted molar refractivity (Wildman–Crippen MR) is 50.4 cm³/mol. The highest BCUT2D eigenvalue weighted by molar-refractivity contribution is 5.82. The summed E-state index contributed by atoms with van der Waals surface area (Å²) in [4.78, 5) is 21.3. The molecule has 0 rings (SSSR count). The fourth-order valence-corrected chi connectivity index (χ4v) is 0.618. The van der Waals surface area contributed by atoms with Crippen molar-refractivity contribution in [3.63, 3.8) is 0 Å². The average molecular weight is 201 g/mol. The zero-order valence-corrected chi connectivity index (χ0v) is 8.62. The lowest BCUT2D eigenvalue weighted by Crippen LogP contribution is -2.12. The van der Waals surface area contributed by atoms with Crippen LogP contribution in [0.4, 0.5) is 0 Å². The van der Waals surface area contributed by atoms with E-state index in [0.29, 0.717) is 5.70 Å². The van der Waals surface area contributed by atoms with E-state index in [1.54, 1.807) is 14.0 Å². The summed E-state index contributed by atoms with van der Waals surface area (Å²) in [5.74, 6) is -0.841.